The van der Waals surface area contributed by atoms with Crippen molar-refractivity contribution in [3.63, 3.8) is 0 Å². The number of halogens is 1. The quantitative estimate of drug-likeness (QED) is 0.597. The molecule has 1 saturated heterocycles. The monoisotopic (exact) mass is 429 g/mol. The lowest BCUT2D eigenvalue weighted by Gasteiger charge is -2.13. The van der Waals surface area contributed by atoms with E-state index < -0.39 is 0 Å². The number of thioether (sulfide) groups is 1. The van der Waals surface area contributed by atoms with Crippen LogP contribution in [-0.2, 0) is 4.79 Å². The number of para-hydroxylation sites is 1. The molecular weight excluding hydrogens is 414 g/mol. The molecule has 1 aliphatic rings. The highest BCUT2D eigenvalue weighted by atomic mass is 79.9. The van der Waals surface area contributed by atoms with Gasteiger partial charge in [0, 0.05) is 4.47 Å². The number of benzene rings is 2. The molecule has 1 aliphatic heterocycles. The maximum Gasteiger partial charge on any atom is 0.293 e. The fourth-order valence-electron chi connectivity index (χ4n) is 2.30. The highest BCUT2D eigenvalue weighted by Crippen LogP contribution is 2.30. The number of rotatable bonds is 6. The summed E-state index contributed by atoms with van der Waals surface area (Å²) in [6.45, 7) is 0.497. The van der Waals surface area contributed by atoms with Gasteiger partial charge < -0.3 is 4.74 Å². The Morgan fingerprint density at radius 1 is 1.04 bits per heavy atom. The summed E-state index contributed by atoms with van der Waals surface area (Å²) in [6, 6.07) is 17.1. The Balaban J connectivity index is 1.56. The molecular formula is C20H16BrNO3S. The molecule has 0 unspecified atom stereocenters. The van der Waals surface area contributed by atoms with Crippen LogP contribution in [0.25, 0.3) is 6.08 Å². The number of hydrogen-bond donors (Lipinski definition) is 0. The Hall–Kier alpha value is -2.31. The second kappa shape index (κ2) is 8.87. The van der Waals surface area contributed by atoms with Crippen molar-refractivity contribution in [3.05, 3.63) is 81.7 Å². The first-order valence-corrected chi connectivity index (χ1v) is 9.60. The molecule has 2 amide bonds. The van der Waals surface area contributed by atoms with Gasteiger partial charge in [-0.3, -0.25) is 14.5 Å². The molecule has 132 valence electrons. The van der Waals surface area contributed by atoms with Crippen molar-refractivity contribution in [1.29, 1.82) is 0 Å². The van der Waals surface area contributed by atoms with E-state index in [9.17, 15) is 9.59 Å². The van der Waals surface area contributed by atoms with Crippen LogP contribution in [0.2, 0.25) is 0 Å². The number of ether oxygens (including phenoxy) is 1. The van der Waals surface area contributed by atoms with Crippen LogP contribution in [0.1, 0.15) is 5.56 Å². The standard InChI is InChI=1S/C20H16BrNO3S/c21-16-11-9-15(10-12-16)5-4-8-18-19(23)22(20(24)26-18)13-14-25-17-6-2-1-3-7-17/h1-12H,13-14H2/b5-4+,18-8-. The molecule has 26 heavy (non-hydrogen) atoms. The zero-order valence-corrected chi connectivity index (χ0v) is 16.2. The minimum atomic E-state index is -0.280. The van der Waals surface area contributed by atoms with Gasteiger partial charge in [0.2, 0.25) is 0 Å². The first-order chi connectivity index (χ1) is 12.6. The number of carbonyl (C=O) groups is 2. The van der Waals surface area contributed by atoms with Gasteiger partial charge in [-0.1, -0.05) is 58.4 Å². The van der Waals surface area contributed by atoms with Gasteiger partial charge in [-0.25, -0.2) is 0 Å². The number of nitrogens with zero attached hydrogens (tertiary/aromatic N) is 1. The maximum atomic E-state index is 12.4. The van der Waals surface area contributed by atoms with Crippen LogP contribution in [0, 0.1) is 0 Å². The van der Waals surface area contributed by atoms with Crippen LogP contribution in [-0.4, -0.2) is 29.2 Å². The zero-order valence-electron chi connectivity index (χ0n) is 13.8. The van der Waals surface area contributed by atoms with Crippen LogP contribution in [0.15, 0.2) is 76.1 Å². The van der Waals surface area contributed by atoms with E-state index in [-0.39, 0.29) is 24.3 Å². The van der Waals surface area contributed by atoms with Crippen LogP contribution in [0.4, 0.5) is 4.79 Å². The summed E-state index contributed by atoms with van der Waals surface area (Å²) in [5.41, 5.74) is 1.01. The van der Waals surface area contributed by atoms with E-state index in [1.165, 1.54) is 4.90 Å². The smallest absolute Gasteiger partial charge is 0.293 e. The molecule has 0 aromatic heterocycles. The second-order valence-electron chi connectivity index (χ2n) is 5.43. The van der Waals surface area contributed by atoms with Gasteiger partial charge in [0.1, 0.15) is 12.4 Å². The van der Waals surface area contributed by atoms with Gasteiger partial charge in [-0.2, -0.15) is 0 Å². The Labute approximate surface area is 164 Å². The number of hydrogen-bond acceptors (Lipinski definition) is 4. The fraction of sp³-hybridized carbons (Fsp3) is 0.100. The van der Waals surface area contributed by atoms with Crippen molar-refractivity contribution < 1.29 is 14.3 Å². The molecule has 3 rings (SSSR count). The van der Waals surface area contributed by atoms with Gasteiger partial charge in [-0.05, 0) is 47.7 Å². The molecule has 0 bridgehead atoms. The lowest BCUT2D eigenvalue weighted by molar-refractivity contribution is -0.123. The average molecular weight is 430 g/mol. The molecule has 4 nitrogen and oxygen atoms in total. The van der Waals surface area contributed by atoms with Crippen LogP contribution < -0.4 is 4.74 Å². The summed E-state index contributed by atoms with van der Waals surface area (Å²) >= 11 is 4.34. The summed E-state index contributed by atoms with van der Waals surface area (Å²) < 4.78 is 6.56. The van der Waals surface area contributed by atoms with Gasteiger partial charge in [0.15, 0.2) is 0 Å². The SMILES string of the molecule is O=C1S/C(=C\C=C\c2ccc(Br)cc2)C(=O)N1CCOc1ccccc1. The van der Waals surface area contributed by atoms with E-state index >= 15 is 0 Å². The van der Waals surface area contributed by atoms with Gasteiger partial charge in [-0.15, -0.1) is 0 Å². The van der Waals surface area contributed by atoms with Crippen molar-refractivity contribution in [2.24, 2.45) is 0 Å². The molecule has 0 atom stereocenters. The summed E-state index contributed by atoms with van der Waals surface area (Å²) in [6.07, 6.45) is 5.34. The molecule has 0 saturated carbocycles. The molecule has 0 spiro atoms. The van der Waals surface area contributed by atoms with Crippen molar-refractivity contribution in [3.8, 4) is 5.75 Å². The third-order valence-electron chi connectivity index (χ3n) is 3.61. The minimum absolute atomic E-state index is 0.229. The lowest BCUT2D eigenvalue weighted by atomic mass is 10.2. The Bertz CT molecular complexity index is 847. The Kier molecular flexibility index (Phi) is 6.30. The van der Waals surface area contributed by atoms with Gasteiger partial charge in [0.25, 0.3) is 11.1 Å². The third kappa shape index (κ3) is 4.86. The maximum absolute atomic E-state index is 12.4. The minimum Gasteiger partial charge on any atom is -0.492 e. The average Bonchev–Trinajstić information content (AvgIpc) is 2.92. The van der Waals surface area contributed by atoms with Crippen LogP contribution in [0.3, 0.4) is 0 Å². The lowest BCUT2D eigenvalue weighted by Crippen LogP contribution is -2.32. The predicted octanol–water partition coefficient (Wildman–Crippen LogP) is 5.12. The molecule has 0 N–H and O–H groups in total. The van der Waals surface area contributed by atoms with Crippen molar-refractivity contribution in [1.82, 2.24) is 4.90 Å². The number of imide groups is 1. The number of allylic oxidation sites excluding steroid dienone is 2. The van der Waals surface area contributed by atoms with Gasteiger partial charge >= 0.3 is 0 Å². The second-order valence-corrected chi connectivity index (χ2v) is 7.34. The molecule has 1 heterocycles. The Morgan fingerprint density at radius 2 is 1.77 bits per heavy atom. The van der Waals surface area contributed by atoms with E-state index in [1.807, 2.05) is 60.7 Å². The van der Waals surface area contributed by atoms with Crippen molar-refractivity contribution >= 4 is 44.9 Å². The molecule has 0 aliphatic carbocycles. The zero-order chi connectivity index (χ0) is 18.4. The third-order valence-corrected chi connectivity index (χ3v) is 5.06. The summed E-state index contributed by atoms with van der Waals surface area (Å²) in [5, 5.41) is -0.269. The van der Waals surface area contributed by atoms with Crippen LogP contribution >= 0.6 is 27.7 Å². The fourth-order valence-corrected chi connectivity index (χ4v) is 3.38. The number of amides is 2. The van der Waals surface area contributed by atoms with Crippen molar-refractivity contribution in [2.75, 3.05) is 13.2 Å². The van der Waals surface area contributed by atoms with E-state index in [2.05, 4.69) is 15.9 Å². The predicted molar refractivity (Wildman–Crippen MR) is 108 cm³/mol. The first-order valence-electron chi connectivity index (χ1n) is 7.99. The highest BCUT2D eigenvalue weighted by Gasteiger charge is 2.34. The van der Waals surface area contributed by atoms with Crippen LogP contribution in [0.5, 0.6) is 5.75 Å². The number of carbonyl (C=O) groups excluding carboxylic acids is 2. The topological polar surface area (TPSA) is 46.6 Å². The van der Waals surface area contributed by atoms with Gasteiger partial charge in [0.05, 0.1) is 11.4 Å². The molecule has 1 fully saturated rings. The Morgan fingerprint density at radius 3 is 2.50 bits per heavy atom. The first kappa shape index (κ1) is 18.5. The molecule has 2 aromatic rings. The largest absolute Gasteiger partial charge is 0.492 e. The van der Waals surface area contributed by atoms with E-state index in [1.54, 1.807) is 12.2 Å². The van der Waals surface area contributed by atoms with Crippen molar-refractivity contribution in [2.45, 2.75) is 0 Å². The summed E-state index contributed by atoms with van der Waals surface area (Å²) in [5.74, 6) is 0.435. The van der Waals surface area contributed by atoms with E-state index in [0.29, 0.717) is 10.7 Å². The van der Waals surface area contributed by atoms with E-state index in [4.69, 9.17) is 4.74 Å². The normalized spacial score (nSPS) is 16.0. The van der Waals surface area contributed by atoms with E-state index in [0.717, 1.165) is 21.8 Å². The summed E-state index contributed by atoms with van der Waals surface area (Å²) in [7, 11) is 0. The highest BCUT2D eigenvalue weighted by molar-refractivity contribution is 9.10. The summed E-state index contributed by atoms with van der Waals surface area (Å²) in [4.78, 5) is 26.1. The molecule has 6 heteroatoms. The molecule has 0 radical (unpaired) electrons. The molecule has 2 aromatic carbocycles.